The van der Waals surface area contributed by atoms with Crippen molar-refractivity contribution in [3.05, 3.63) is 0 Å². The summed E-state index contributed by atoms with van der Waals surface area (Å²) in [4.78, 5) is 0. The van der Waals surface area contributed by atoms with Gasteiger partial charge < -0.3 is 5.11 Å². The number of sulfone groups is 1. The quantitative estimate of drug-likeness (QED) is 0.778. The van der Waals surface area contributed by atoms with E-state index in [2.05, 4.69) is 0 Å². The molecule has 0 aromatic rings. The predicted octanol–water partition coefficient (Wildman–Crippen LogP) is 0.827. The first-order valence-electron chi connectivity index (χ1n) is 4.49. The molecule has 0 aromatic carbocycles. The van der Waals surface area contributed by atoms with Crippen LogP contribution in [0.2, 0.25) is 0 Å². The zero-order chi connectivity index (χ0) is 11.0. The molecule has 0 amide bonds. The Morgan fingerprint density at radius 3 is 2.50 bits per heavy atom. The number of hydrogen-bond acceptors (Lipinski definition) is 3. The molecular weight excluding hydrogens is 214 g/mol. The van der Waals surface area contributed by atoms with Crippen LogP contribution in [0.1, 0.15) is 19.8 Å². The topological polar surface area (TPSA) is 54.4 Å². The third-order valence-electron chi connectivity index (χ3n) is 2.50. The van der Waals surface area contributed by atoms with E-state index in [1.807, 2.05) is 0 Å². The van der Waals surface area contributed by atoms with E-state index >= 15 is 0 Å². The Morgan fingerprint density at radius 2 is 2.14 bits per heavy atom. The molecule has 1 aliphatic heterocycles. The van der Waals surface area contributed by atoms with E-state index in [1.54, 1.807) is 0 Å². The van der Waals surface area contributed by atoms with Crippen molar-refractivity contribution < 1.29 is 22.3 Å². The monoisotopic (exact) mass is 228 g/mol. The fraction of sp³-hybridized carbons (Fsp3) is 1.00. The largest absolute Gasteiger partial charge is 0.387 e. The SMILES string of the molecule is CC(O)C(F)(F)CC1CCS(=O)(=O)C1. The molecule has 0 radical (unpaired) electrons. The van der Waals surface area contributed by atoms with Crippen LogP contribution in [0.15, 0.2) is 0 Å². The zero-order valence-electron chi connectivity index (χ0n) is 7.91. The molecule has 0 saturated carbocycles. The lowest BCUT2D eigenvalue weighted by Crippen LogP contribution is -2.33. The van der Waals surface area contributed by atoms with Crippen LogP contribution in [0.25, 0.3) is 0 Å². The Kier molecular flexibility index (Phi) is 3.16. The average Bonchev–Trinajstić information content (AvgIpc) is 2.28. The van der Waals surface area contributed by atoms with Gasteiger partial charge in [0.15, 0.2) is 9.84 Å². The van der Waals surface area contributed by atoms with Crippen LogP contribution < -0.4 is 0 Å². The van der Waals surface area contributed by atoms with Crippen molar-refractivity contribution in [2.75, 3.05) is 11.5 Å². The van der Waals surface area contributed by atoms with Gasteiger partial charge in [0, 0.05) is 6.42 Å². The van der Waals surface area contributed by atoms with E-state index in [4.69, 9.17) is 5.11 Å². The summed E-state index contributed by atoms with van der Waals surface area (Å²) in [6.07, 6.45) is -1.97. The second kappa shape index (κ2) is 3.73. The van der Waals surface area contributed by atoms with E-state index in [9.17, 15) is 17.2 Å². The average molecular weight is 228 g/mol. The second-order valence-electron chi connectivity index (χ2n) is 3.91. The first-order valence-corrected chi connectivity index (χ1v) is 6.31. The predicted molar refractivity (Wildman–Crippen MR) is 48.0 cm³/mol. The van der Waals surface area contributed by atoms with Crippen molar-refractivity contribution in [1.82, 2.24) is 0 Å². The maximum Gasteiger partial charge on any atom is 0.273 e. The van der Waals surface area contributed by atoms with Crippen LogP contribution in [0, 0.1) is 5.92 Å². The summed E-state index contributed by atoms with van der Waals surface area (Å²) < 4.78 is 48.0. The molecule has 6 heteroatoms. The number of aliphatic hydroxyl groups is 1. The normalized spacial score (nSPS) is 29.0. The van der Waals surface area contributed by atoms with E-state index in [0.29, 0.717) is 0 Å². The Hall–Kier alpha value is -0.230. The van der Waals surface area contributed by atoms with Gasteiger partial charge in [-0.1, -0.05) is 0 Å². The summed E-state index contributed by atoms with van der Waals surface area (Å²) in [6, 6.07) is 0. The van der Waals surface area contributed by atoms with Gasteiger partial charge in [0.1, 0.15) is 6.10 Å². The Labute approximate surface area is 82.0 Å². The van der Waals surface area contributed by atoms with Crippen LogP contribution >= 0.6 is 0 Å². The highest BCUT2D eigenvalue weighted by Gasteiger charge is 2.41. The lowest BCUT2D eigenvalue weighted by Gasteiger charge is -2.21. The summed E-state index contributed by atoms with van der Waals surface area (Å²) in [5, 5.41) is 8.77. The lowest BCUT2D eigenvalue weighted by atomic mass is 9.98. The summed E-state index contributed by atoms with van der Waals surface area (Å²) >= 11 is 0. The molecule has 84 valence electrons. The molecule has 0 spiro atoms. The van der Waals surface area contributed by atoms with Crippen molar-refractivity contribution in [3.8, 4) is 0 Å². The third-order valence-corrected chi connectivity index (χ3v) is 4.34. The van der Waals surface area contributed by atoms with E-state index in [1.165, 1.54) is 0 Å². The van der Waals surface area contributed by atoms with E-state index in [-0.39, 0.29) is 17.9 Å². The van der Waals surface area contributed by atoms with Crippen molar-refractivity contribution in [2.24, 2.45) is 5.92 Å². The number of halogens is 2. The lowest BCUT2D eigenvalue weighted by molar-refractivity contribution is -0.112. The van der Waals surface area contributed by atoms with Gasteiger partial charge in [-0.15, -0.1) is 0 Å². The summed E-state index contributed by atoms with van der Waals surface area (Å²) in [5.41, 5.74) is 0. The molecule has 0 aliphatic carbocycles. The van der Waals surface area contributed by atoms with Crippen molar-refractivity contribution in [2.45, 2.75) is 31.8 Å². The summed E-state index contributed by atoms with van der Waals surface area (Å²) in [7, 11) is -3.11. The smallest absolute Gasteiger partial charge is 0.273 e. The van der Waals surface area contributed by atoms with Gasteiger partial charge in [-0.25, -0.2) is 17.2 Å². The maximum absolute atomic E-state index is 13.0. The highest BCUT2D eigenvalue weighted by molar-refractivity contribution is 7.91. The molecule has 1 saturated heterocycles. The Balaban J connectivity index is 2.55. The summed E-state index contributed by atoms with van der Waals surface area (Å²) in [5.74, 6) is -3.86. The molecular formula is C8H14F2O3S. The minimum atomic E-state index is -3.18. The number of hydrogen-bond donors (Lipinski definition) is 1. The molecule has 0 aromatic heterocycles. The number of aliphatic hydroxyl groups excluding tert-OH is 1. The molecule has 0 bridgehead atoms. The molecule has 2 atom stereocenters. The maximum atomic E-state index is 13.0. The highest BCUT2D eigenvalue weighted by atomic mass is 32.2. The third kappa shape index (κ3) is 2.88. The molecule has 3 nitrogen and oxygen atoms in total. The van der Waals surface area contributed by atoms with E-state index in [0.717, 1.165) is 6.92 Å². The zero-order valence-corrected chi connectivity index (χ0v) is 8.73. The number of rotatable bonds is 3. The molecule has 1 heterocycles. The van der Waals surface area contributed by atoms with Gasteiger partial charge in [-0.2, -0.15) is 0 Å². The van der Waals surface area contributed by atoms with Gasteiger partial charge >= 0.3 is 0 Å². The van der Waals surface area contributed by atoms with Crippen molar-refractivity contribution in [3.63, 3.8) is 0 Å². The fourth-order valence-electron chi connectivity index (χ4n) is 1.59. The standard InChI is InChI=1S/C8H14F2O3S/c1-6(11)8(9,10)4-7-2-3-14(12,13)5-7/h6-7,11H,2-5H2,1H3. The second-order valence-corrected chi connectivity index (χ2v) is 6.14. The van der Waals surface area contributed by atoms with Crippen LogP contribution in [0.3, 0.4) is 0 Å². The van der Waals surface area contributed by atoms with Crippen molar-refractivity contribution in [1.29, 1.82) is 0 Å². The van der Waals surface area contributed by atoms with Gasteiger partial charge in [0.2, 0.25) is 0 Å². The minimum absolute atomic E-state index is 0.00639. The van der Waals surface area contributed by atoms with Gasteiger partial charge in [0.25, 0.3) is 5.92 Å². The summed E-state index contributed by atoms with van der Waals surface area (Å²) in [6.45, 7) is 1.02. The van der Waals surface area contributed by atoms with Crippen LogP contribution in [0.4, 0.5) is 8.78 Å². The fourth-order valence-corrected chi connectivity index (χ4v) is 3.45. The molecule has 1 N–H and O–H groups in total. The Bertz CT molecular complexity index is 298. The Morgan fingerprint density at radius 1 is 1.57 bits per heavy atom. The van der Waals surface area contributed by atoms with Gasteiger partial charge in [-0.3, -0.25) is 0 Å². The molecule has 1 fully saturated rings. The van der Waals surface area contributed by atoms with Crippen LogP contribution in [0.5, 0.6) is 0 Å². The van der Waals surface area contributed by atoms with E-state index < -0.39 is 34.2 Å². The molecule has 1 rings (SSSR count). The van der Waals surface area contributed by atoms with Gasteiger partial charge in [0.05, 0.1) is 11.5 Å². The first-order chi connectivity index (χ1) is 6.23. The van der Waals surface area contributed by atoms with Gasteiger partial charge in [-0.05, 0) is 19.3 Å². The molecule has 14 heavy (non-hydrogen) atoms. The minimum Gasteiger partial charge on any atom is -0.387 e. The van der Waals surface area contributed by atoms with Crippen LogP contribution in [-0.2, 0) is 9.84 Å². The molecule has 1 aliphatic rings. The first kappa shape index (κ1) is 11.8. The van der Waals surface area contributed by atoms with Crippen molar-refractivity contribution >= 4 is 9.84 Å². The highest BCUT2D eigenvalue weighted by Crippen LogP contribution is 2.32. The number of alkyl halides is 2. The van der Waals surface area contributed by atoms with Crippen LogP contribution in [-0.4, -0.2) is 37.1 Å². The molecule has 2 unspecified atom stereocenters.